The number of allylic oxidation sites excluding steroid dienone is 1. The Bertz CT molecular complexity index is 1060. The third-order valence-corrected chi connectivity index (χ3v) is 7.22. The van der Waals surface area contributed by atoms with Crippen molar-refractivity contribution < 1.29 is 19.1 Å². The van der Waals surface area contributed by atoms with Gasteiger partial charge in [0.1, 0.15) is 5.75 Å². The van der Waals surface area contributed by atoms with Gasteiger partial charge in [-0.25, -0.2) is 10.0 Å². The lowest BCUT2D eigenvalue weighted by atomic mass is 9.76. The van der Waals surface area contributed by atoms with E-state index >= 15 is 0 Å². The molecule has 1 aliphatic carbocycles. The van der Waals surface area contributed by atoms with E-state index < -0.39 is 5.41 Å². The summed E-state index contributed by atoms with van der Waals surface area (Å²) in [5, 5.41) is 3.39. The molecule has 3 rings (SSSR count). The SMILES string of the molecule is CCOC(=O)C1(CCN(C(=O)c2cccc(OC)c2)N(C(=S)SC)c2ccccc2)C=CCCC1. The third kappa shape index (κ3) is 6.44. The molecule has 0 radical (unpaired) electrons. The number of hydrogen-bond donors (Lipinski definition) is 0. The molecule has 0 bridgehead atoms. The van der Waals surface area contributed by atoms with Crippen LogP contribution < -0.4 is 9.75 Å². The number of esters is 1. The molecule has 2 aromatic rings. The highest BCUT2D eigenvalue weighted by molar-refractivity contribution is 8.22. The number of methoxy groups -OCH3 is 1. The molecule has 0 N–H and O–H groups in total. The van der Waals surface area contributed by atoms with E-state index in [1.165, 1.54) is 11.8 Å². The average molecular weight is 513 g/mol. The topological polar surface area (TPSA) is 59.1 Å². The minimum absolute atomic E-state index is 0.233. The van der Waals surface area contributed by atoms with E-state index in [1.807, 2.05) is 55.7 Å². The van der Waals surface area contributed by atoms with Crippen molar-refractivity contribution >= 4 is 45.9 Å². The highest BCUT2D eigenvalue weighted by Gasteiger charge is 2.40. The Morgan fingerprint density at radius 2 is 1.91 bits per heavy atom. The van der Waals surface area contributed by atoms with Gasteiger partial charge in [0.05, 0.1) is 24.8 Å². The van der Waals surface area contributed by atoms with Gasteiger partial charge in [-0.1, -0.05) is 60.4 Å². The van der Waals surface area contributed by atoms with Gasteiger partial charge in [-0.05, 0) is 69.2 Å². The first-order valence-electron chi connectivity index (χ1n) is 11.7. The van der Waals surface area contributed by atoms with Crippen LogP contribution >= 0.6 is 24.0 Å². The molecule has 186 valence electrons. The number of hydrazine groups is 1. The number of anilines is 1. The van der Waals surface area contributed by atoms with Crippen LogP contribution in [0.15, 0.2) is 66.7 Å². The molecule has 1 amide bonds. The Hall–Kier alpha value is -2.84. The molecule has 0 aromatic heterocycles. The van der Waals surface area contributed by atoms with Crippen LogP contribution in [0.3, 0.4) is 0 Å². The largest absolute Gasteiger partial charge is 0.497 e. The van der Waals surface area contributed by atoms with Crippen LogP contribution in [-0.4, -0.2) is 47.7 Å². The maximum atomic E-state index is 13.9. The molecule has 1 atom stereocenters. The number of carbonyl (C=O) groups is 2. The van der Waals surface area contributed by atoms with Crippen molar-refractivity contribution in [3.05, 3.63) is 72.3 Å². The van der Waals surface area contributed by atoms with Crippen LogP contribution in [0.5, 0.6) is 5.75 Å². The molecule has 1 aliphatic rings. The predicted molar refractivity (Wildman–Crippen MR) is 146 cm³/mol. The van der Waals surface area contributed by atoms with Gasteiger partial charge in [-0.2, -0.15) is 0 Å². The first-order chi connectivity index (χ1) is 17.0. The normalized spacial score (nSPS) is 16.9. The lowest BCUT2D eigenvalue weighted by Crippen LogP contribution is -2.50. The Kier molecular flexibility index (Phi) is 9.74. The summed E-state index contributed by atoms with van der Waals surface area (Å²) in [6.07, 6.45) is 8.81. The summed E-state index contributed by atoms with van der Waals surface area (Å²) in [4.78, 5) is 27.0. The zero-order valence-corrected chi connectivity index (χ0v) is 22.1. The molecule has 6 nitrogen and oxygen atoms in total. The number of amides is 1. The number of rotatable bonds is 8. The maximum Gasteiger partial charge on any atom is 0.315 e. The molecular formula is C27H32N2O4S2. The molecule has 0 saturated heterocycles. The quantitative estimate of drug-likeness (QED) is 0.189. The van der Waals surface area contributed by atoms with Crippen LogP contribution in [0, 0.1) is 5.41 Å². The Morgan fingerprint density at radius 1 is 1.14 bits per heavy atom. The van der Waals surface area contributed by atoms with E-state index in [1.54, 1.807) is 41.4 Å². The van der Waals surface area contributed by atoms with Crippen molar-refractivity contribution in [3.8, 4) is 5.75 Å². The zero-order valence-electron chi connectivity index (χ0n) is 20.4. The highest BCUT2D eigenvalue weighted by Crippen LogP contribution is 2.37. The second-order valence-corrected chi connectivity index (χ2v) is 9.64. The third-order valence-electron chi connectivity index (χ3n) is 6.02. The monoisotopic (exact) mass is 512 g/mol. The van der Waals surface area contributed by atoms with Crippen molar-refractivity contribution in [2.45, 2.75) is 32.6 Å². The fraction of sp³-hybridized carbons (Fsp3) is 0.370. The van der Waals surface area contributed by atoms with Gasteiger partial charge in [0, 0.05) is 12.1 Å². The highest BCUT2D eigenvalue weighted by atomic mass is 32.2. The second-order valence-electron chi connectivity index (χ2n) is 8.20. The molecule has 0 fully saturated rings. The summed E-state index contributed by atoms with van der Waals surface area (Å²) < 4.78 is 11.3. The molecule has 0 aliphatic heterocycles. The van der Waals surface area contributed by atoms with Crippen LogP contribution in [0.4, 0.5) is 5.69 Å². The number of ether oxygens (including phenoxy) is 2. The molecule has 1 unspecified atom stereocenters. The fourth-order valence-electron chi connectivity index (χ4n) is 4.18. The van der Waals surface area contributed by atoms with Gasteiger partial charge < -0.3 is 9.47 Å². The lowest BCUT2D eigenvalue weighted by Gasteiger charge is -2.39. The van der Waals surface area contributed by atoms with E-state index in [2.05, 4.69) is 0 Å². The van der Waals surface area contributed by atoms with Gasteiger partial charge >= 0.3 is 5.97 Å². The molecule has 35 heavy (non-hydrogen) atoms. The van der Waals surface area contributed by atoms with Crippen molar-refractivity contribution in [1.29, 1.82) is 0 Å². The van der Waals surface area contributed by atoms with E-state index in [0.717, 1.165) is 18.5 Å². The van der Waals surface area contributed by atoms with Gasteiger partial charge in [-0.3, -0.25) is 9.59 Å². The predicted octanol–water partition coefficient (Wildman–Crippen LogP) is 5.89. The summed E-state index contributed by atoms with van der Waals surface area (Å²) in [6, 6.07) is 16.6. The number of thiocarbonyl (C=S) groups is 1. The minimum atomic E-state index is -0.773. The Balaban J connectivity index is 2.03. The molecule has 0 spiro atoms. The van der Waals surface area contributed by atoms with Crippen molar-refractivity contribution in [1.82, 2.24) is 5.01 Å². The first-order valence-corrected chi connectivity index (χ1v) is 13.3. The van der Waals surface area contributed by atoms with Crippen LogP contribution in [-0.2, 0) is 9.53 Å². The molecule has 0 saturated carbocycles. The summed E-state index contributed by atoms with van der Waals surface area (Å²) in [5.41, 5.74) is 0.468. The number of para-hydroxylation sites is 1. The summed E-state index contributed by atoms with van der Waals surface area (Å²) in [7, 11) is 1.57. The van der Waals surface area contributed by atoms with Crippen molar-refractivity contribution in [2.75, 3.05) is 31.5 Å². The molecule has 8 heteroatoms. The van der Waals surface area contributed by atoms with Crippen LogP contribution in [0.1, 0.15) is 43.0 Å². The number of benzene rings is 2. The van der Waals surface area contributed by atoms with Gasteiger partial charge in [0.15, 0.2) is 4.32 Å². The lowest BCUT2D eigenvalue weighted by molar-refractivity contribution is -0.153. The molecule has 0 heterocycles. The van der Waals surface area contributed by atoms with Gasteiger partial charge in [0.25, 0.3) is 5.91 Å². The standard InChI is InChI=1S/C27H32N2O4S2/c1-4-33-25(31)27(16-9-6-10-17-27)18-19-28(24(30)21-12-11-15-23(20-21)32-2)29(26(34)35-3)22-13-7-5-8-14-22/h5,7-9,11-16,20H,4,6,10,17-19H2,1-3H3. The number of hydrogen-bond acceptors (Lipinski definition) is 6. The van der Waals surface area contributed by atoms with Gasteiger partial charge in [0.2, 0.25) is 0 Å². The summed E-state index contributed by atoms with van der Waals surface area (Å²) in [6.45, 7) is 2.40. The van der Waals surface area contributed by atoms with E-state index in [9.17, 15) is 9.59 Å². The van der Waals surface area contributed by atoms with E-state index in [4.69, 9.17) is 21.7 Å². The summed E-state index contributed by atoms with van der Waals surface area (Å²) in [5.74, 6) is 0.110. The van der Waals surface area contributed by atoms with Crippen LogP contribution in [0.2, 0.25) is 0 Å². The van der Waals surface area contributed by atoms with Crippen molar-refractivity contribution in [2.24, 2.45) is 5.41 Å². The molecule has 2 aromatic carbocycles. The van der Waals surface area contributed by atoms with Crippen molar-refractivity contribution in [3.63, 3.8) is 0 Å². The first kappa shape index (κ1) is 26.8. The fourth-order valence-corrected chi connectivity index (χ4v) is 4.77. The van der Waals surface area contributed by atoms with Gasteiger partial charge in [-0.15, -0.1) is 0 Å². The van der Waals surface area contributed by atoms with Crippen LogP contribution in [0.25, 0.3) is 0 Å². The Morgan fingerprint density at radius 3 is 2.54 bits per heavy atom. The zero-order chi connectivity index (χ0) is 25.3. The number of carbonyl (C=O) groups excluding carboxylic acids is 2. The summed E-state index contributed by atoms with van der Waals surface area (Å²) >= 11 is 7.09. The number of thioether (sulfide) groups is 1. The minimum Gasteiger partial charge on any atom is -0.497 e. The van der Waals surface area contributed by atoms with E-state index in [0.29, 0.717) is 35.1 Å². The second kappa shape index (κ2) is 12.7. The average Bonchev–Trinajstić information content (AvgIpc) is 2.91. The van der Waals surface area contributed by atoms with E-state index in [-0.39, 0.29) is 18.4 Å². The number of nitrogens with zero attached hydrogens (tertiary/aromatic N) is 2. The Labute approximate surface area is 217 Å². The molecular weight excluding hydrogens is 480 g/mol. The maximum absolute atomic E-state index is 13.9. The smallest absolute Gasteiger partial charge is 0.315 e.